The van der Waals surface area contributed by atoms with Crippen molar-refractivity contribution in [2.45, 2.75) is 33.4 Å². The molecular formula is C16H23N3O2. The summed E-state index contributed by atoms with van der Waals surface area (Å²) in [6, 6.07) is 5.85. The molecule has 1 N–H and O–H groups in total. The Bertz CT molecular complexity index is 566. The molecule has 2 aromatic rings. The lowest BCUT2D eigenvalue weighted by Gasteiger charge is -2.13. The fraction of sp³-hybridized carbons (Fsp3) is 0.438. The van der Waals surface area contributed by atoms with Crippen molar-refractivity contribution in [3.05, 3.63) is 36.4 Å². The number of imidazole rings is 1. The van der Waals surface area contributed by atoms with Gasteiger partial charge in [0.15, 0.2) is 11.5 Å². The van der Waals surface area contributed by atoms with Crippen molar-refractivity contribution in [2.24, 2.45) is 0 Å². The predicted molar refractivity (Wildman–Crippen MR) is 84.0 cm³/mol. The third-order valence-corrected chi connectivity index (χ3v) is 3.18. The summed E-state index contributed by atoms with van der Waals surface area (Å²) < 4.78 is 13.0. The lowest BCUT2D eigenvalue weighted by atomic mass is 10.2. The summed E-state index contributed by atoms with van der Waals surface area (Å²) >= 11 is 0. The van der Waals surface area contributed by atoms with Gasteiger partial charge in [0.05, 0.1) is 20.3 Å². The van der Waals surface area contributed by atoms with Crippen molar-refractivity contribution >= 4 is 5.69 Å². The summed E-state index contributed by atoms with van der Waals surface area (Å²) in [4.78, 5) is 4.38. The Balaban J connectivity index is 2.04. The molecule has 0 aliphatic carbocycles. The number of ether oxygens (including phenoxy) is 2. The number of benzene rings is 1. The number of hydrogen-bond donors (Lipinski definition) is 1. The van der Waals surface area contributed by atoms with Crippen LogP contribution < -0.4 is 14.8 Å². The van der Waals surface area contributed by atoms with Crippen LogP contribution in [0.25, 0.3) is 0 Å². The van der Waals surface area contributed by atoms with Crippen molar-refractivity contribution < 1.29 is 9.47 Å². The van der Waals surface area contributed by atoms with Crippen molar-refractivity contribution in [3.63, 3.8) is 0 Å². The maximum atomic E-state index is 5.52. The van der Waals surface area contributed by atoms with Crippen LogP contribution in [0.1, 0.15) is 26.1 Å². The smallest absolute Gasteiger partial charge is 0.162 e. The van der Waals surface area contributed by atoms with Gasteiger partial charge in [0.1, 0.15) is 5.82 Å². The second kappa shape index (κ2) is 7.57. The van der Waals surface area contributed by atoms with E-state index in [1.807, 2.05) is 37.5 Å². The quantitative estimate of drug-likeness (QED) is 0.810. The molecule has 21 heavy (non-hydrogen) atoms. The van der Waals surface area contributed by atoms with E-state index in [-0.39, 0.29) is 0 Å². The molecule has 1 heterocycles. The number of aryl methyl sites for hydroxylation is 1. The first-order chi connectivity index (χ1) is 10.3. The van der Waals surface area contributed by atoms with Crippen LogP contribution in [0.2, 0.25) is 0 Å². The number of methoxy groups -OCH3 is 1. The SMILES string of the molecule is CCCn1ccnc1CNc1ccc(OCC)c(OC)c1. The third kappa shape index (κ3) is 3.90. The highest BCUT2D eigenvalue weighted by molar-refractivity contribution is 5.54. The first kappa shape index (κ1) is 15.2. The molecule has 0 aliphatic heterocycles. The normalized spacial score (nSPS) is 10.4. The van der Waals surface area contributed by atoms with Crippen LogP contribution in [-0.4, -0.2) is 23.3 Å². The van der Waals surface area contributed by atoms with E-state index in [1.165, 1.54) is 0 Å². The van der Waals surface area contributed by atoms with Crippen molar-refractivity contribution in [1.82, 2.24) is 9.55 Å². The van der Waals surface area contributed by atoms with Crippen LogP contribution in [0.15, 0.2) is 30.6 Å². The van der Waals surface area contributed by atoms with E-state index in [0.29, 0.717) is 13.2 Å². The maximum Gasteiger partial charge on any atom is 0.162 e. The van der Waals surface area contributed by atoms with E-state index >= 15 is 0 Å². The highest BCUT2D eigenvalue weighted by Gasteiger charge is 2.06. The van der Waals surface area contributed by atoms with Gasteiger partial charge >= 0.3 is 0 Å². The molecule has 0 radical (unpaired) electrons. The molecule has 0 unspecified atom stereocenters. The van der Waals surface area contributed by atoms with E-state index in [1.54, 1.807) is 7.11 Å². The first-order valence-corrected chi connectivity index (χ1v) is 7.33. The minimum atomic E-state index is 0.623. The highest BCUT2D eigenvalue weighted by Crippen LogP contribution is 2.30. The van der Waals surface area contributed by atoms with Gasteiger partial charge in [-0.1, -0.05) is 6.92 Å². The van der Waals surface area contributed by atoms with Crippen molar-refractivity contribution in [1.29, 1.82) is 0 Å². The van der Waals surface area contributed by atoms with Gasteiger partial charge in [-0.2, -0.15) is 0 Å². The molecule has 0 amide bonds. The third-order valence-electron chi connectivity index (χ3n) is 3.18. The zero-order valence-electron chi connectivity index (χ0n) is 12.9. The second-order valence-electron chi connectivity index (χ2n) is 4.69. The number of aromatic nitrogens is 2. The zero-order valence-corrected chi connectivity index (χ0v) is 12.9. The van der Waals surface area contributed by atoms with Gasteiger partial charge in [-0.15, -0.1) is 0 Å². The topological polar surface area (TPSA) is 48.3 Å². The van der Waals surface area contributed by atoms with Crippen LogP contribution in [0.4, 0.5) is 5.69 Å². The average molecular weight is 289 g/mol. The van der Waals surface area contributed by atoms with Crippen LogP contribution in [0, 0.1) is 0 Å². The monoisotopic (exact) mass is 289 g/mol. The standard InChI is InChI=1S/C16H23N3O2/c1-4-9-19-10-8-17-16(19)12-18-13-6-7-14(21-5-2)15(11-13)20-3/h6-8,10-11,18H,4-5,9,12H2,1-3H3. The summed E-state index contributed by atoms with van der Waals surface area (Å²) in [6.45, 7) is 6.42. The van der Waals surface area contributed by atoms with Crippen molar-refractivity contribution in [2.75, 3.05) is 19.0 Å². The summed E-state index contributed by atoms with van der Waals surface area (Å²) in [5, 5.41) is 3.37. The van der Waals surface area contributed by atoms with Gasteiger partial charge in [0.25, 0.3) is 0 Å². The molecule has 114 valence electrons. The molecule has 0 bridgehead atoms. The van der Waals surface area contributed by atoms with Gasteiger partial charge in [-0.3, -0.25) is 0 Å². The summed E-state index contributed by atoms with van der Waals surface area (Å²) in [5.41, 5.74) is 0.987. The molecule has 2 rings (SSSR count). The first-order valence-electron chi connectivity index (χ1n) is 7.33. The molecular weight excluding hydrogens is 266 g/mol. The average Bonchev–Trinajstić information content (AvgIpc) is 2.94. The summed E-state index contributed by atoms with van der Waals surface area (Å²) in [6.07, 6.45) is 4.95. The number of nitrogens with one attached hydrogen (secondary N) is 1. The molecule has 0 saturated carbocycles. The molecule has 0 saturated heterocycles. The van der Waals surface area contributed by atoms with Gasteiger partial charge in [-0.05, 0) is 25.5 Å². The van der Waals surface area contributed by atoms with E-state index in [2.05, 4.69) is 21.8 Å². The molecule has 0 atom stereocenters. The Hall–Kier alpha value is -2.17. The lowest BCUT2D eigenvalue weighted by Crippen LogP contribution is -2.08. The van der Waals surface area contributed by atoms with Gasteiger partial charge in [0.2, 0.25) is 0 Å². The summed E-state index contributed by atoms with van der Waals surface area (Å²) in [5.74, 6) is 2.53. The fourth-order valence-corrected chi connectivity index (χ4v) is 2.19. The molecule has 1 aromatic heterocycles. The highest BCUT2D eigenvalue weighted by atomic mass is 16.5. The fourth-order valence-electron chi connectivity index (χ4n) is 2.19. The molecule has 0 aliphatic rings. The van der Waals surface area contributed by atoms with E-state index in [0.717, 1.165) is 36.0 Å². The van der Waals surface area contributed by atoms with E-state index in [4.69, 9.17) is 9.47 Å². The van der Waals surface area contributed by atoms with E-state index < -0.39 is 0 Å². The van der Waals surface area contributed by atoms with Gasteiger partial charge in [-0.25, -0.2) is 4.98 Å². The van der Waals surface area contributed by atoms with Crippen LogP contribution in [0.3, 0.4) is 0 Å². The molecule has 0 fully saturated rings. The van der Waals surface area contributed by atoms with Gasteiger partial charge < -0.3 is 19.4 Å². The summed E-state index contributed by atoms with van der Waals surface area (Å²) in [7, 11) is 1.65. The minimum absolute atomic E-state index is 0.623. The number of nitrogens with zero attached hydrogens (tertiary/aromatic N) is 2. The Labute approximate surface area is 125 Å². The van der Waals surface area contributed by atoms with Crippen molar-refractivity contribution in [3.8, 4) is 11.5 Å². The molecule has 0 spiro atoms. The van der Waals surface area contributed by atoms with Gasteiger partial charge in [0, 0.05) is 30.7 Å². The molecule has 5 nitrogen and oxygen atoms in total. The Morgan fingerprint density at radius 1 is 1.24 bits per heavy atom. The van der Waals surface area contributed by atoms with Crippen LogP contribution in [0.5, 0.6) is 11.5 Å². The maximum absolute atomic E-state index is 5.52. The zero-order chi connectivity index (χ0) is 15.1. The number of rotatable bonds is 8. The van der Waals surface area contributed by atoms with E-state index in [9.17, 15) is 0 Å². The Kier molecular flexibility index (Phi) is 5.49. The Morgan fingerprint density at radius 2 is 2.10 bits per heavy atom. The number of anilines is 1. The predicted octanol–water partition coefficient (Wildman–Crippen LogP) is 3.31. The lowest BCUT2D eigenvalue weighted by molar-refractivity contribution is 0.311. The molecule has 1 aromatic carbocycles. The second-order valence-corrected chi connectivity index (χ2v) is 4.69. The molecule has 5 heteroatoms. The number of hydrogen-bond acceptors (Lipinski definition) is 4. The largest absolute Gasteiger partial charge is 0.493 e. The van der Waals surface area contributed by atoms with Crippen LogP contribution in [-0.2, 0) is 13.1 Å². The van der Waals surface area contributed by atoms with Crippen LogP contribution >= 0.6 is 0 Å². The Morgan fingerprint density at radius 3 is 2.81 bits per heavy atom. The minimum Gasteiger partial charge on any atom is -0.493 e.